The molecule has 0 saturated carbocycles. The van der Waals surface area contributed by atoms with Crippen LogP contribution in [0.15, 0.2) is 88.1 Å². The summed E-state index contributed by atoms with van der Waals surface area (Å²) in [7, 11) is 0. The summed E-state index contributed by atoms with van der Waals surface area (Å²) in [6, 6.07) is 25.6. The van der Waals surface area contributed by atoms with E-state index in [1.165, 1.54) is 5.56 Å². The van der Waals surface area contributed by atoms with Gasteiger partial charge in [-0.3, -0.25) is 9.69 Å². The maximum atomic E-state index is 13.3. The molecule has 1 unspecified atom stereocenters. The first-order valence-corrected chi connectivity index (χ1v) is 12.6. The molecule has 0 bridgehead atoms. The number of aromatic nitrogens is 1. The molecule has 1 aromatic heterocycles. The largest absolute Gasteiger partial charge is 0.389 e. The standard InChI is InChI=1S/C28H26BrClN2O2/c29-22-8-11-25-21(16-22)17-24(27(33)31-25)26(20-6-9-23(30)10-7-20)28(34)12-14-32(15-13-28)18-19-4-2-1-3-5-19/h1-11,16-17,26,34H,12-15,18H2,(H,31,33). The van der Waals surface area contributed by atoms with E-state index < -0.39 is 11.5 Å². The number of benzene rings is 3. The third-order valence-corrected chi connectivity index (χ3v) is 7.60. The Hall–Kier alpha value is -2.44. The number of pyridine rings is 1. The van der Waals surface area contributed by atoms with Crippen LogP contribution in [-0.4, -0.2) is 33.7 Å². The molecule has 1 aliphatic heterocycles. The molecule has 1 atom stereocenters. The minimum atomic E-state index is -1.05. The molecule has 34 heavy (non-hydrogen) atoms. The second-order valence-electron chi connectivity index (χ2n) is 9.14. The van der Waals surface area contributed by atoms with E-state index in [4.69, 9.17) is 11.6 Å². The van der Waals surface area contributed by atoms with Crippen LogP contribution in [0.25, 0.3) is 10.9 Å². The minimum Gasteiger partial charge on any atom is -0.389 e. The van der Waals surface area contributed by atoms with Crippen molar-refractivity contribution >= 4 is 38.4 Å². The van der Waals surface area contributed by atoms with Crippen LogP contribution in [0.5, 0.6) is 0 Å². The first-order chi connectivity index (χ1) is 16.4. The van der Waals surface area contributed by atoms with Gasteiger partial charge in [-0.15, -0.1) is 0 Å². The fraction of sp³-hybridized carbons (Fsp3) is 0.250. The SMILES string of the molecule is O=c1[nH]c2ccc(Br)cc2cc1C(c1ccc(Cl)cc1)C1(O)CCN(Cc2ccccc2)CC1. The zero-order valence-electron chi connectivity index (χ0n) is 18.7. The Balaban J connectivity index is 1.51. The Morgan fingerprint density at radius 2 is 1.71 bits per heavy atom. The fourth-order valence-corrected chi connectivity index (χ4v) is 5.58. The number of aliphatic hydroxyl groups is 1. The Bertz CT molecular complexity index is 1350. The third kappa shape index (κ3) is 4.84. The second kappa shape index (κ2) is 9.67. The lowest BCUT2D eigenvalue weighted by molar-refractivity contribution is -0.0358. The van der Waals surface area contributed by atoms with E-state index in [9.17, 15) is 9.90 Å². The lowest BCUT2D eigenvalue weighted by atomic mass is 9.72. The predicted octanol–water partition coefficient (Wildman–Crippen LogP) is 6.10. The van der Waals surface area contributed by atoms with Gasteiger partial charge in [0.1, 0.15) is 0 Å². The Kier molecular flexibility index (Phi) is 6.63. The molecular weight excluding hydrogens is 512 g/mol. The zero-order chi connectivity index (χ0) is 23.7. The molecule has 1 aliphatic rings. The number of likely N-dealkylation sites (tertiary alicyclic amines) is 1. The van der Waals surface area contributed by atoms with E-state index in [0.29, 0.717) is 23.4 Å². The molecule has 3 aromatic carbocycles. The first-order valence-electron chi connectivity index (χ1n) is 11.5. The summed E-state index contributed by atoms with van der Waals surface area (Å²) >= 11 is 9.69. The number of rotatable bonds is 5. The van der Waals surface area contributed by atoms with E-state index in [0.717, 1.165) is 40.6 Å². The summed E-state index contributed by atoms with van der Waals surface area (Å²) in [6.45, 7) is 2.37. The molecular formula is C28H26BrClN2O2. The van der Waals surface area contributed by atoms with Gasteiger partial charge >= 0.3 is 0 Å². The monoisotopic (exact) mass is 536 g/mol. The highest BCUT2D eigenvalue weighted by molar-refractivity contribution is 9.10. The van der Waals surface area contributed by atoms with Crippen molar-refractivity contribution < 1.29 is 5.11 Å². The van der Waals surface area contributed by atoms with Crippen molar-refractivity contribution in [3.63, 3.8) is 0 Å². The van der Waals surface area contributed by atoms with Crippen LogP contribution in [0.1, 0.15) is 35.4 Å². The summed E-state index contributed by atoms with van der Waals surface area (Å²) in [5.74, 6) is -0.462. The molecule has 0 radical (unpaired) electrons. The molecule has 174 valence electrons. The summed E-state index contributed by atoms with van der Waals surface area (Å²) in [5, 5.41) is 13.6. The Morgan fingerprint density at radius 3 is 2.41 bits per heavy atom. The molecule has 1 fully saturated rings. The number of hydrogen-bond donors (Lipinski definition) is 2. The lowest BCUT2D eigenvalue weighted by Crippen LogP contribution is -2.49. The van der Waals surface area contributed by atoms with E-state index in [1.807, 2.05) is 54.6 Å². The summed E-state index contributed by atoms with van der Waals surface area (Å²) in [4.78, 5) is 18.7. The minimum absolute atomic E-state index is 0.171. The molecule has 6 heteroatoms. The van der Waals surface area contributed by atoms with Gasteiger partial charge in [0.05, 0.1) is 5.60 Å². The molecule has 0 amide bonds. The summed E-state index contributed by atoms with van der Waals surface area (Å²) in [5.41, 5.74) is 2.29. The average Bonchev–Trinajstić information content (AvgIpc) is 2.83. The van der Waals surface area contributed by atoms with Gasteiger partial charge in [0.15, 0.2) is 0 Å². The molecule has 2 heterocycles. The maximum Gasteiger partial charge on any atom is 0.252 e. The van der Waals surface area contributed by atoms with Gasteiger partial charge in [-0.2, -0.15) is 0 Å². The van der Waals surface area contributed by atoms with Crippen molar-refractivity contribution in [3.05, 3.63) is 115 Å². The van der Waals surface area contributed by atoms with Gasteiger partial charge in [-0.25, -0.2) is 0 Å². The van der Waals surface area contributed by atoms with Crippen LogP contribution < -0.4 is 5.56 Å². The highest BCUT2D eigenvalue weighted by Crippen LogP contribution is 2.41. The molecule has 1 saturated heterocycles. The Morgan fingerprint density at radius 1 is 1.00 bits per heavy atom. The normalized spacial score (nSPS) is 17.0. The first kappa shape index (κ1) is 23.3. The van der Waals surface area contributed by atoms with Crippen molar-refractivity contribution in [1.29, 1.82) is 0 Å². The molecule has 0 aliphatic carbocycles. The van der Waals surface area contributed by atoms with Gasteiger partial charge in [0, 0.05) is 46.1 Å². The predicted molar refractivity (Wildman–Crippen MR) is 141 cm³/mol. The van der Waals surface area contributed by atoms with E-state index in [2.05, 4.69) is 50.1 Å². The average molecular weight is 538 g/mol. The molecule has 0 spiro atoms. The quantitative estimate of drug-likeness (QED) is 0.323. The van der Waals surface area contributed by atoms with Gasteiger partial charge in [-0.05, 0) is 65.8 Å². The summed E-state index contributed by atoms with van der Waals surface area (Å²) in [6.07, 6.45) is 1.15. The van der Waals surface area contributed by atoms with Crippen LogP contribution in [0.2, 0.25) is 5.02 Å². The lowest BCUT2D eigenvalue weighted by Gasteiger charge is -2.43. The molecule has 4 nitrogen and oxygen atoms in total. The van der Waals surface area contributed by atoms with E-state index in [1.54, 1.807) is 0 Å². The number of halogens is 2. The van der Waals surface area contributed by atoms with Crippen molar-refractivity contribution in [3.8, 4) is 0 Å². The van der Waals surface area contributed by atoms with Crippen LogP contribution in [0, 0.1) is 0 Å². The number of piperidine rings is 1. The van der Waals surface area contributed by atoms with Crippen molar-refractivity contribution in [2.45, 2.75) is 30.9 Å². The van der Waals surface area contributed by atoms with Crippen molar-refractivity contribution in [2.75, 3.05) is 13.1 Å². The summed E-state index contributed by atoms with van der Waals surface area (Å²) < 4.78 is 0.939. The number of nitrogens with zero attached hydrogens (tertiary/aromatic N) is 1. The topological polar surface area (TPSA) is 56.3 Å². The third-order valence-electron chi connectivity index (χ3n) is 6.86. The smallest absolute Gasteiger partial charge is 0.252 e. The van der Waals surface area contributed by atoms with Crippen LogP contribution in [-0.2, 0) is 6.54 Å². The number of hydrogen-bond acceptors (Lipinski definition) is 3. The molecule has 4 aromatic rings. The number of aromatic amines is 1. The van der Waals surface area contributed by atoms with Gasteiger partial charge in [0.25, 0.3) is 5.56 Å². The maximum absolute atomic E-state index is 13.3. The zero-order valence-corrected chi connectivity index (χ0v) is 21.0. The van der Waals surface area contributed by atoms with Gasteiger partial charge in [0.2, 0.25) is 0 Å². The number of H-pyrrole nitrogens is 1. The van der Waals surface area contributed by atoms with E-state index >= 15 is 0 Å². The van der Waals surface area contributed by atoms with E-state index in [-0.39, 0.29) is 5.56 Å². The number of fused-ring (bicyclic) bond motifs is 1. The highest BCUT2D eigenvalue weighted by atomic mass is 79.9. The highest BCUT2D eigenvalue weighted by Gasteiger charge is 2.42. The Labute approximate surface area is 212 Å². The second-order valence-corrected chi connectivity index (χ2v) is 10.5. The molecule has 5 rings (SSSR count). The van der Waals surface area contributed by atoms with Crippen LogP contribution >= 0.6 is 27.5 Å². The van der Waals surface area contributed by atoms with Gasteiger partial charge < -0.3 is 10.1 Å². The van der Waals surface area contributed by atoms with Crippen LogP contribution in [0.3, 0.4) is 0 Å². The van der Waals surface area contributed by atoms with Crippen molar-refractivity contribution in [2.24, 2.45) is 0 Å². The van der Waals surface area contributed by atoms with Crippen LogP contribution in [0.4, 0.5) is 0 Å². The van der Waals surface area contributed by atoms with Gasteiger partial charge in [-0.1, -0.05) is 70.0 Å². The fourth-order valence-electron chi connectivity index (χ4n) is 5.07. The molecule has 2 N–H and O–H groups in total. The number of nitrogens with one attached hydrogen (secondary N) is 1. The van der Waals surface area contributed by atoms with Crippen molar-refractivity contribution in [1.82, 2.24) is 9.88 Å².